The van der Waals surface area contributed by atoms with Crippen LogP contribution in [0, 0.1) is 6.92 Å². The maximum absolute atomic E-state index is 12.3. The highest BCUT2D eigenvalue weighted by Gasteiger charge is 2.30. The minimum Gasteiger partial charge on any atom is -0.160 e. The number of benzene rings is 1. The second-order valence-electron chi connectivity index (χ2n) is 4.78. The van der Waals surface area contributed by atoms with Gasteiger partial charge in [-0.05, 0) is 41.3 Å². The molecule has 0 atom stereocenters. The third-order valence-electron chi connectivity index (χ3n) is 2.28. The Labute approximate surface area is 98.2 Å². The van der Waals surface area contributed by atoms with Gasteiger partial charge in [0, 0.05) is 4.90 Å². The molecule has 0 bridgehead atoms. The van der Waals surface area contributed by atoms with Gasteiger partial charge >= 0.3 is 5.51 Å². The first-order valence-corrected chi connectivity index (χ1v) is 5.78. The van der Waals surface area contributed by atoms with Crippen molar-refractivity contribution in [3.8, 4) is 0 Å². The SMILES string of the molecule is Cc1ccc(C(C)(C)C)cc1SC(F)(F)F. The largest absolute Gasteiger partial charge is 0.446 e. The molecule has 0 amide bonds. The predicted molar refractivity (Wildman–Crippen MR) is 61.8 cm³/mol. The van der Waals surface area contributed by atoms with Gasteiger partial charge < -0.3 is 0 Å². The number of alkyl halides is 3. The minimum atomic E-state index is -4.22. The lowest BCUT2D eigenvalue weighted by atomic mass is 9.87. The molecule has 1 aromatic carbocycles. The second kappa shape index (κ2) is 4.32. The molecule has 0 saturated carbocycles. The maximum atomic E-state index is 12.3. The summed E-state index contributed by atoms with van der Waals surface area (Å²) in [6.45, 7) is 7.65. The molecule has 0 nitrogen and oxygen atoms in total. The van der Waals surface area contributed by atoms with E-state index in [0.29, 0.717) is 10.5 Å². The van der Waals surface area contributed by atoms with E-state index >= 15 is 0 Å². The Hall–Kier alpha value is -0.640. The molecule has 1 rings (SSSR count). The van der Waals surface area contributed by atoms with Crippen LogP contribution < -0.4 is 0 Å². The number of hydrogen-bond acceptors (Lipinski definition) is 1. The van der Waals surface area contributed by atoms with Gasteiger partial charge in [-0.25, -0.2) is 0 Å². The quantitative estimate of drug-likeness (QED) is 0.637. The van der Waals surface area contributed by atoms with Gasteiger partial charge in [0.15, 0.2) is 0 Å². The Morgan fingerprint density at radius 1 is 1.06 bits per heavy atom. The van der Waals surface area contributed by atoms with E-state index in [9.17, 15) is 13.2 Å². The normalized spacial score (nSPS) is 12.9. The summed E-state index contributed by atoms with van der Waals surface area (Å²) in [6.07, 6.45) is 0. The summed E-state index contributed by atoms with van der Waals surface area (Å²) in [7, 11) is 0. The van der Waals surface area contributed by atoms with Crippen molar-refractivity contribution >= 4 is 11.8 Å². The van der Waals surface area contributed by atoms with Crippen LogP contribution in [-0.4, -0.2) is 5.51 Å². The third-order valence-corrected chi connectivity index (χ3v) is 3.17. The van der Waals surface area contributed by atoms with Crippen molar-refractivity contribution in [2.45, 2.75) is 43.5 Å². The number of halogens is 3. The standard InChI is InChI=1S/C12H15F3S/c1-8-5-6-9(11(2,3)4)7-10(8)16-12(13,14)15/h5-7H,1-4H3. The highest BCUT2D eigenvalue weighted by atomic mass is 32.2. The highest BCUT2D eigenvalue weighted by molar-refractivity contribution is 8.00. The van der Waals surface area contributed by atoms with E-state index in [1.807, 2.05) is 26.8 Å². The summed E-state index contributed by atoms with van der Waals surface area (Å²) in [5, 5.41) is 0. The summed E-state index contributed by atoms with van der Waals surface area (Å²) in [6, 6.07) is 5.26. The van der Waals surface area contributed by atoms with E-state index in [-0.39, 0.29) is 17.2 Å². The molecule has 0 aromatic heterocycles. The molecule has 0 spiro atoms. The van der Waals surface area contributed by atoms with Crippen molar-refractivity contribution in [1.29, 1.82) is 0 Å². The molecule has 16 heavy (non-hydrogen) atoms. The number of rotatable bonds is 1. The van der Waals surface area contributed by atoms with Crippen molar-refractivity contribution in [3.05, 3.63) is 29.3 Å². The van der Waals surface area contributed by atoms with E-state index < -0.39 is 5.51 Å². The lowest BCUT2D eigenvalue weighted by Crippen LogP contribution is -2.11. The maximum Gasteiger partial charge on any atom is 0.446 e. The molecular formula is C12H15F3S. The van der Waals surface area contributed by atoms with Gasteiger partial charge in [-0.2, -0.15) is 13.2 Å². The zero-order valence-corrected chi connectivity index (χ0v) is 10.6. The topological polar surface area (TPSA) is 0 Å². The smallest absolute Gasteiger partial charge is 0.160 e. The Morgan fingerprint density at radius 2 is 1.62 bits per heavy atom. The Bertz CT molecular complexity index is 375. The summed E-state index contributed by atoms with van der Waals surface area (Å²) in [5.41, 5.74) is -2.77. The fourth-order valence-electron chi connectivity index (χ4n) is 1.30. The van der Waals surface area contributed by atoms with Crippen molar-refractivity contribution in [1.82, 2.24) is 0 Å². The molecule has 0 aliphatic rings. The van der Waals surface area contributed by atoms with E-state index in [1.165, 1.54) is 0 Å². The summed E-state index contributed by atoms with van der Waals surface area (Å²) < 4.78 is 36.9. The molecule has 90 valence electrons. The monoisotopic (exact) mass is 248 g/mol. The van der Waals surface area contributed by atoms with E-state index in [0.717, 1.165) is 5.56 Å². The fourth-order valence-corrected chi connectivity index (χ4v) is 1.97. The van der Waals surface area contributed by atoms with Gasteiger partial charge in [-0.15, -0.1) is 0 Å². The van der Waals surface area contributed by atoms with Gasteiger partial charge in [-0.3, -0.25) is 0 Å². The van der Waals surface area contributed by atoms with Crippen LogP contribution in [0.1, 0.15) is 31.9 Å². The molecule has 4 heteroatoms. The lowest BCUT2D eigenvalue weighted by Gasteiger charge is -2.20. The molecule has 0 aliphatic heterocycles. The average Bonchev–Trinajstić information content (AvgIpc) is 2.04. The Morgan fingerprint density at radius 3 is 2.06 bits per heavy atom. The molecule has 0 aliphatic carbocycles. The van der Waals surface area contributed by atoms with Crippen LogP contribution in [0.3, 0.4) is 0 Å². The van der Waals surface area contributed by atoms with Crippen LogP contribution >= 0.6 is 11.8 Å². The van der Waals surface area contributed by atoms with Crippen LogP contribution in [-0.2, 0) is 5.41 Å². The van der Waals surface area contributed by atoms with Crippen LogP contribution in [0.2, 0.25) is 0 Å². The molecule has 0 heterocycles. The van der Waals surface area contributed by atoms with Crippen LogP contribution in [0.25, 0.3) is 0 Å². The van der Waals surface area contributed by atoms with Gasteiger partial charge in [0.2, 0.25) is 0 Å². The number of aryl methyl sites for hydroxylation is 1. The van der Waals surface area contributed by atoms with Gasteiger partial charge in [-0.1, -0.05) is 32.9 Å². The van der Waals surface area contributed by atoms with Crippen LogP contribution in [0.15, 0.2) is 23.1 Å². The second-order valence-corrected chi connectivity index (χ2v) is 5.88. The van der Waals surface area contributed by atoms with Gasteiger partial charge in [0.25, 0.3) is 0 Å². The minimum absolute atomic E-state index is 0.0424. The van der Waals surface area contributed by atoms with Crippen molar-refractivity contribution < 1.29 is 13.2 Å². The zero-order valence-electron chi connectivity index (χ0n) is 9.77. The predicted octanol–water partition coefficient (Wildman–Crippen LogP) is 4.90. The summed E-state index contributed by atoms with van der Waals surface area (Å²) in [5.74, 6) is 0. The molecular weight excluding hydrogens is 233 g/mol. The van der Waals surface area contributed by atoms with Crippen molar-refractivity contribution in [3.63, 3.8) is 0 Å². The van der Waals surface area contributed by atoms with Gasteiger partial charge in [0.1, 0.15) is 0 Å². The highest BCUT2D eigenvalue weighted by Crippen LogP contribution is 2.39. The number of thioether (sulfide) groups is 1. The Kier molecular flexibility index (Phi) is 3.62. The molecule has 0 saturated heterocycles. The van der Waals surface area contributed by atoms with Crippen LogP contribution in [0.5, 0.6) is 0 Å². The molecule has 0 fully saturated rings. The first-order valence-electron chi connectivity index (χ1n) is 4.96. The first-order chi connectivity index (χ1) is 7.09. The summed E-state index contributed by atoms with van der Waals surface area (Å²) in [4.78, 5) is 0.292. The van der Waals surface area contributed by atoms with Crippen molar-refractivity contribution in [2.75, 3.05) is 0 Å². The fraction of sp³-hybridized carbons (Fsp3) is 0.500. The van der Waals surface area contributed by atoms with E-state index in [1.54, 1.807) is 19.1 Å². The lowest BCUT2D eigenvalue weighted by molar-refractivity contribution is -0.0328. The van der Waals surface area contributed by atoms with E-state index in [4.69, 9.17) is 0 Å². The zero-order chi connectivity index (χ0) is 12.6. The van der Waals surface area contributed by atoms with Crippen molar-refractivity contribution in [2.24, 2.45) is 0 Å². The molecule has 1 aromatic rings. The average molecular weight is 248 g/mol. The molecule has 0 unspecified atom stereocenters. The molecule has 0 N–H and O–H groups in total. The Balaban J connectivity index is 3.10. The van der Waals surface area contributed by atoms with E-state index in [2.05, 4.69) is 0 Å². The van der Waals surface area contributed by atoms with Crippen LogP contribution in [0.4, 0.5) is 13.2 Å². The summed E-state index contributed by atoms with van der Waals surface area (Å²) >= 11 is -0.0424. The number of hydrogen-bond donors (Lipinski definition) is 0. The third kappa shape index (κ3) is 3.74. The van der Waals surface area contributed by atoms with Gasteiger partial charge in [0.05, 0.1) is 0 Å². The first kappa shape index (κ1) is 13.4. The molecule has 0 radical (unpaired) electrons.